The maximum absolute atomic E-state index is 6.06. The molecule has 3 heteroatoms. The van der Waals surface area contributed by atoms with Crippen LogP contribution in [-0.4, -0.2) is 42.8 Å². The Morgan fingerprint density at radius 1 is 1.19 bits per heavy atom. The van der Waals surface area contributed by atoms with Gasteiger partial charge >= 0.3 is 0 Å². The van der Waals surface area contributed by atoms with Crippen LogP contribution < -0.4 is 5.73 Å². The summed E-state index contributed by atoms with van der Waals surface area (Å²) in [6, 6.07) is 0. The van der Waals surface area contributed by atoms with E-state index in [1.54, 1.807) is 0 Å². The van der Waals surface area contributed by atoms with Crippen molar-refractivity contribution in [1.29, 1.82) is 0 Å². The minimum absolute atomic E-state index is 0.136. The van der Waals surface area contributed by atoms with Crippen LogP contribution in [0.3, 0.4) is 0 Å². The zero-order valence-electron chi connectivity index (χ0n) is 10.6. The molecule has 0 aromatic rings. The molecule has 2 rings (SSSR count). The number of likely N-dealkylation sites (tertiary alicyclic amines) is 1. The first-order valence-corrected chi connectivity index (χ1v) is 6.86. The van der Waals surface area contributed by atoms with Gasteiger partial charge in [0.1, 0.15) is 0 Å². The van der Waals surface area contributed by atoms with Crippen LogP contribution >= 0.6 is 0 Å². The van der Waals surface area contributed by atoms with E-state index in [-0.39, 0.29) is 5.54 Å². The molecule has 2 fully saturated rings. The van der Waals surface area contributed by atoms with Crippen LogP contribution in [0.1, 0.15) is 45.4 Å². The van der Waals surface area contributed by atoms with Crippen LogP contribution in [0, 0.1) is 0 Å². The molecule has 2 atom stereocenters. The van der Waals surface area contributed by atoms with Gasteiger partial charge in [-0.3, -0.25) is 4.90 Å². The molecule has 0 bridgehead atoms. The highest BCUT2D eigenvalue weighted by Crippen LogP contribution is 2.32. The van der Waals surface area contributed by atoms with Crippen molar-refractivity contribution in [3.63, 3.8) is 0 Å². The van der Waals surface area contributed by atoms with Gasteiger partial charge in [-0.05, 0) is 39.3 Å². The molecule has 2 aliphatic heterocycles. The van der Waals surface area contributed by atoms with Gasteiger partial charge in [0, 0.05) is 13.2 Å². The molecule has 94 valence electrons. The molecule has 2 aliphatic rings. The fourth-order valence-electron chi connectivity index (χ4n) is 3.28. The summed E-state index contributed by atoms with van der Waals surface area (Å²) in [5, 5.41) is 0. The Bertz CT molecular complexity index is 214. The van der Waals surface area contributed by atoms with E-state index < -0.39 is 0 Å². The van der Waals surface area contributed by atoms with E-state index in [1.807, 2.05) is 0 Å². The number of nitrogens with zero attached hydrogens (tertiary/aromatic N) is 1. The number of hydrogen-bond acceptors (Lipinski definition) is 3. The highest BCUT2D eigenvalue weighted by molar-refractivity contribution is 5.00. The van der Waals surface area contributed by atoms with E-state index in [9.17, 15) is 0 Å². The van der Waals surface area contributed by atoms with Crippen molar-refractivity contribution in [2.45, 2.75) is 57.1 Å². The topological polar surface area (TPSA) is 38.5 Å². The van der Waals surface area contributed by atoms with Crippen LogP contribution in [0.2, 0.25) is 0 Å². The zero-order chi connectivity index (χ0) is 11.4. The lowest BCUT2D eigenvalue weighted by Gasteiger charge is -2.43. The summed E-state index contributed by atoms with van der Waals surface area (Å²) in [5.74, 6) is 0. The smallest absolute Gasteiger partial charge is 0.0743 e. The number of hydrogen-bond donors (Lipinski definition) is 1. The van der Waals surface area contributed by atoms with Gasteiger partial charge in [0.15, 0.2) is 0 Å². The highest BCUT2D eigenvalue weighted by atomic mass is 16.5. The van der Waals surface area contributed by atoms with E-state index in [4.69, 9.17) is 10.5 Å². The standard InChI is InChI=1S/C13H26N2O/c1-12-13(11-14,7-10-16-12)15-8-5-3-2-4-6-9-15/h12H,2-11,14H2,1H3. The average Bonchev–Trinajstić information content (AvgIpc) is 2.60. The van der Waals surface area contributed by atoms with E-state index in [1.165, 1.54) is 45.2 Å². The van der Waals surface area contributed by atoms with Crippen molar-refractivity contribution < 1.29 is 4.74 Å². The molecule has 3 nitrogen and oxygen atoms in total. The molecule has 16 heavy (non-hydrogen) atoms. The van der Waals surface area contributed by atoms with Crippen LogP contribution in [0.15, 0.2) is 0 Å². The maximum Gasteiger partial charge on any atom is 0.0743 e. The minimum atomic E-state index is 0.136. The number of rotatable bonds is 2. The molecule has 0 aliphatic carbocycles. The van der Waals surface area contributed by atoms with Crippen molar-refractivity contribution in [2.75, 3.05) is 26.2 Å². The first kappa shape index (κ1) is 12.3. The second-order valence-corrected chi connectivity index (χ2v) is 5.33. The van der Waals surface area contributed by atoms with E-state index in [0.717, 1.165) is 19.6 Å². The molecular formula is C13H26N2O. The van der Waals surface area contributed by atoms with Gasteiger partial charge < -0.3 is 10.5 Å². The molecule has 0 aromatic carbocycles. The maximum atomic E-state index is 6.06. The average molecular weight is 226 g/mol. The third kappa shape index (κ3) is 2.27. The summed E-state index contributed by atoms with van der Waals surface area (Å²) in [5.41, 5.74) is 6.19. The molecule has 0 spiro atoms. The summed E-state index contributed by atoms with van der Waals surface area (Å²) in [6.45, 7) is 6.25. The zero-order valence-corrected chi connectivity index (χ0v) is 10.6. The van der Waals surface area contributed by atoms with E-state index in [0.29, 0.717) is 6.10 Å². The van der Waals surface area contributed by atoms with Gasteiger partial charge in [-0.2, -0.15) is 0 Å². The summed E-state index contributed by atoms with van der Waals surface area (Å²) in [6.07, 6.45) is 8.25. The van der Waals surface area contributed by atoms with E-state index >= 15 is 0 Å². The van der Waals surface area contributed by atoms with Gasteiger partial charge in [0.2, 0.25) is 0 Å². The minimum Gasteiger partial charge on any atom is -0.376 e. The lowest BCUT2D eigenvalue weighted by atomic mass is 9.88. The fourth-order valence-corrected chi connectivity index (χ4v) is 3.28. The lowest BCUT2D eigenvalue weighted by molar-refractivity contribution is 0.0103. The molecule has 2 heterocycles. The molecule has 2 unspecified atom stereocenters. The Kier molecular flexibility index (Phi) is 4.22. The van der Waals surface area contributed by atoms with Crippen LogP contribution in [0.25, 0.3) is 0 Å². The first-order chi connectivity index (χ1) is 7.79. The summed E-state index contributed by atoms with van der Waals surface area (Å²) in [4.78, 5) is 2.63. The Balaban J connectivity index is 2.06. The molecule has 0 radical (unpaired) electrons. The summed E-state index contributed by atoms with van der Waals surface area (Å²) >= 11 is 0. The number of nitrogens with two attached hydrogens (primary N) is 1. The molecule has 2 saturated heterocycles. The summed E-state index contributed by atoms with van der Waals surface area (Å²) in [7, 11) is 0. The second-order valence-electron chi connectivity index (χ2n) is 5.33. The number of ether oxygens (including phenoxy) is 1. The van der Waals surface area contributed by atoms with Crippen molar-refractivity contribution in [3.05, 3.63) is 0 Å². The third-order valence-electron chi connectivity index (χ3n) is 4.50. The summed E-state index contributed by atoms with van der Waals surface area (Å²) < 4.78 is 5.76. The van der Waals surface area contributed by atoms with Crippen LogP contribution in [-0.2, 0) is 4.74 Å². The molecule has 0 amide bonds. The second kappa shape index (κ2) is 5.48. The van der Waals surface area contributed by atoms with E-state index in [2.05, 4.69) is 11.8 Å². The SMILES string of the molecule is CC1OCCC1(CN)N1CCCCCCC1. The monoisotopic (exact) mass is 226 g/mol. The van der Waals surface area contributed by atoms with Gasteiger partial charge in [0.25, 0.3) is 0 Å². The largest absolute Gasteiger partial charge is 0.376 e. The Labute approximate surface area is 99.3 Å². The normalized spacial score (nSPS) is 38.2. The third-order valence-corrected chi connectivity index (χ3v) is 4.50. The molecule has 2 N–H and O–H groups in total. The van der Waals surface area contributed by atoms with Crippen LogP contribution in [0.4, 0.5) is 0 Å². The van der Waals surface area contributed by atoms with Gasteiger partial charge in [-0.15, -0.1) is 0 Å². The van der Waals surface area contributed by atoms with Gasteiger partial charge in [-0.1, -0.05) is 19.3 Å². The Morgan fingerprint density at radius 3 is 2.31 bits per heavy atom. The molecule has 0 saturated carbocycles. The lowest BCUT2D eigenvalue weighted by Crippen LogP contribution is -2.58. The van der Waals surface area contributed by atoms with Gasteiger partial charge in [0.05, 0.1) is 11.6 Å². The van der Waals surface area contributed by atoms with Crippen molar-refractivity contribution in [1.82, 2.24) is 4.90 Å². The quantitative estimate of drug-likeness (QED) is 0.780. The van der Waals surface area contributed by atoms with Crippen LogP contribution in [0.5, 0.6) is 0 Å². The first-order valence-electron chi connectivity index (χ1n) is 6.86. The van der Waals surface area contributed by atoms with Crippen molar-refractivity contribution >= 4 is 0 Å². The Morgan fingerprint density at radius 2 is 1.81 bits per heavy atom. The molecular weight excluding hydrogens is 200 g/mol. The van der Waals surface area contributed by atoms with Crippen molar-refractivity contribution in [2.24, 2.45) is 5.73 Å². The Hall–Kier alpha value is -0.120. The molecule has 0 aromatic heterocycles. The fraction of sp³-hybridized carbons (Fsp3) is 1.00. The highest BCUT2D eigenvalue weighted by Gasteiger charge is 2.44. The van der Waals surface area contributed by atoms with Gasteiger partial charge in [-0.25, -0.2) is 0 Å². The predicted octanol–water partition coefficient (Wildman–Crippen LogP) is 1.76. The predicted molar refractivity (Wildman–Crippen MR) is 66.5 cm³/mol. The van der Waals surface area contributed by atoms with Crippen molar-refractivity contribution in [3.8, 4) is 0 Å².